The average molecular weight is 411 g/mol. The molecule has 6 heteroatoms. The Balaban J connectivity index is 2.09. The molecular formula is C22H22N2O2S2. The molecular weight excluding hydrogens is 388 g/mol. The van der Waals surface area contributed by atoms with Crippen LogP contribution in [0.1, 0.15) is 27.9 Å². The van der Waals surface area contributed by atoms with Gasteiger partial charge >= 0.3 is 5.97 Å². The number of carboxylic acid groups (broad SMARTS) is 1. The van der Waals surface area contributed by atoms with E-state index in [9.17, 15) is 9.90 Å². The lowest BCUT2D eigenvalue weighted by Crippen LogP contribution is -2.22. The maximum atomic E-state index is 11.7. The molecule has 0 saturated carbocycles. The van der Waals surface area contributed by atoms with Crippen molar-refractivity contribution in [2.45, 2.75) is 33.7 Å². The van der Waals surface area contributed by atoms with E-state index in [-0.39, 0.29) is 6.42 Å². The Morgan fingerprint density at radius 2 is 1.89 bits per heavy atom. The molecule has 2 aromatic carbocycles. The van der Waals surface area contributed by atoms with Crippen LogP contribution in [0.3, 0.4) is 0 Å². The highest BCUT2D eigenvalue weighted by atomic mass is 32.2. The van der Waals surface area contributed by atoms with Crippen molar-refractivity contribution >= 4 is 34.9 Å². The monoisotopic (exact) mass is 410 g/mol. The van der Waals surface area contributed by atoms with Crippen molar-refractivity contribution in [2.24, 2.45) is 0 Å². The Morgan fingerprint density at radius 3 is 2.54 bits per heavy atom. The molecule has 0 amide bonds. The van der Waals surface area contributed by atoms with Crippen LogP contribution in [0.5, 0.6) is 0 Å². The van der Waals surface area contributed by atoms with Gasteiger partial charge in [-0.3, -0.25) is 4.79 Å². The summed E-state index contributed by atoms with van der Waals surface area (Å²) in [6.07, 6.45) is 2.07. The highest BCUT2D eigenvalue weighted by Crippen LogP contribution is 2.51. The van der Waals surface area contributed by atoms with E-state index in [4.69, 9.17) is 0 Å². The molecule has 144 valence electrons. The van der Waals surface area contributed by atoms with Crippen LogP contribution in [0.2, 0.25) is 0 Å². The van der Waals surface area contributed by atoms with Crippen molar-refractivity contribution in [1.29, 1.82) is 0 Å². The second-order valence-electron chi connectivity index (χ2n) is 7.11. The minimum atomic E-state index is -0.805. The van der Waals surface area contributed by atoms with Gasteiger partial charge in [0, 0.05) is 11.8 Å². The molecule has 3 aromatic rings. The van der Waals surface area contributed by atoms with E-state index in [2.05, 4.69) is 60.6 Å². The number of aliphatic carboxylic acids is 1. The third-order valence-electron chi connectivity index (χ3n) is 5.40. The van der Waals surface area contributed by atoms with Crippen LogP contribution in [-0.2, 0) is 17.8 Å². The number of hydrogen-bond donors (Lipinski definition) is 1. The van der Waals surface area contributed by atoms with Crippen LogP contribution in [0.15, 0.2) is 29.8 Å². The van der Waals surface area contributed by atoms with Crippen LogP contribution in [0.25, 0.3) is 21.6 Å². The van der Waals surface area contributed by atoms with Gasteiger partial charge in [0.25, 0.3) is 0 Å². The van der Waals surface area contributed by atoms with Crippen molar-refractivity contribution in [3.05, 3.63) is 57.7 Å². The summed E-state index contributed by atoms with van der Waals surface area (Å²) in [6.45, 7) is 6.98. The summed E-state index contributed by atoms with van der Waals surface area (Å²) >= 11 is 3.33. The van der Waals surface area contributed by atoms with Crippen molar-refractivity contribution < 1.29 is 9.90 Å². The van der Waals surface area contributed by atoms with Gasteiger partial charge in [0.15, 0.2) is 0 Å². The lowest BCUT2D eigenvalue weighted by molar-refractivity contribution is -0.136. The zero-order chi connectivity index (χ0) is 20.0. The largest absolute Gasteiger partial charge is 0.481 e. The van der Waals surface area contributed by atoms with Gasteiger partial charge in [-0.2, -0.15) is 0 Å². The van der Waals surface area contributed by atoms with E-state index in [1.54, 1.807) is 23.3 Å². The van der Waals surface area contributed by atoms with Gasteiger partial charge < -0.3 is 9.41 Å². The van der Waals surface area contributed by atoms with Gasteiger partial charge in [-0.05, 0) is 48.6 Å². The van der Waals surface area contributed by atoms with Crippen LogP contribution in [0, 0.1) is 20.8 Å². The first-order chi connectivity index (χ1) is 13.4. The number of rotatable bonds is 4. The Hall–Kier alpha value is -2.31. The van der Waals surface area contributed by atoms with E-state index in [0.717, 1.165) is 45.7 Å². The second kappa shape index (κ2) is 7.26. The highest BCUT2D eigenvalue weighted by Gasteiger charge is 2.31. The van der Waals surface area contributed by atoms with Crippen molar-refractivity contribution in [3.63, 3.8) is 0 Å². The molecule has 28 heavy (non-hydrogen) atoms. The fraction of sp³-hybridized carbons (Fsp3) is 0.273. The summed E-state index contributed by atoms with van der Waals surface area (Å²) in [7, 11) is 0. The summed E-state index contributed by atoms with van der Waals surface area (Å²) in [5, 5.41) is 9.62. The van der Waals surface area contributed by atoms with Gasteiger partial charge in [-0.1, -0.05) is 41.8 Å². The molecule has 1 aliphatic heterocycles. The third-order valence-corrected chi connectivity index (χ3v) is 7.03. The molecule has 4 nitrogen and oxygen atoms in total. The minimum absolute atomic E-state index is 0.0148. The lowest BCUT2D eigenvalue weighted by Gasteiger charge is -2.33. The second-order valence-corrected chi connectivity index (χ2v) is 8.77. The maximum absolute atomic E-state index is 11.7. The van der Waals surface area contributed by atoms with Crippen LogP contribution in [-0.4, -0.2) is 22.3 Å². The molecule has 0 bridgehead atoms. The summed E-state index contributed by atoms with van der Waals surface area (Å²) in [5.41, 5.74) is 11.7. The SMILES string of the molecule is CSN1Cc2ncsc2-c2c(C)c(-c3ccc(C)cc3)c(CC(=O)O)c(C)c21. The molecule has 1 aromatic heterocycles. The smallest absolute Gasteiger partial charge is 0.307 e. The number of carboxylic acids is 1. The van der Waals surface area contributed by atoms with Crippen LogP contribution in [0.4, 0.5) is 5.69 Å². The van der Waals surface area contributed by atoms with E-state index in [1.807, 2.05) is 5.51 Å². The zero-order valence-electron chi connectivity index (χ0n) is 16.4. The molecule has 0 radical (unpaired) electrons. The molecule has 0 unspecified atom stereocenters. The molecule has 4 rings (SSSR count). The Bertz CT molecular complexity index is 1070. The molecule has 0 aliphatic carbocycles. The van der Waals surface area contributed by atoms with Gasteiger partial charge in [0.05, 0.1) is 34.7 Å². The molecule has 1 N–H and O–H groups in total. The number of thiazole rings is 1. The number of nitrogens with zero attached hydrogens (tertiary/aromatic N) is 2. The molecule has 1 aliphatic rings. The quantitative estimate of drug-likeness (QED) is 0.565. The minimum Gasteiger partial charge on any atom is -0.481 e. The standard InChI is InChI=1S/C22H22N2O2S2/c1-12-5-7-15(8-6-12)19-14(3)20-21(13(2)16(19)9-18(25)26)24(27-4)10-17-22(20)28-11-23-17/h5-8,11H,9-10H2,1-4H3,(H,25,26). The Kier molecular flexibility index (Phi) is 4.93. The summed E-state index contributed by atoms with van der Waals surface area (Å²) in [4.78, 5) is 17.5. The molecule has 0 saturated heterocycles. The Morgan fingerprint density at radius 1 is 1.18 bits per heavy atom. The summed E-state index contributed by atoms with van der Waals surface area (Å²) in [6, 6.07) is 8.36. The Labute approximate surface area is 173 Å². The fourth-order valence-corrected chi connectivity index (χ4v) is 5.64. The van der Waals surface area contributed by atoms with Crippen molar-refractivity contribution in [3.8, 4) is 21.6 Å². The normalized spacial score (nSPS) is 12.6. The number of hydrogen-bond acceptors (Lipinski definition) is 5. The topological polar surface area (TPSA) is 53.4 Å². The maximum Gasteiger partial charge on any atom is 0.307 e. The van der Waals surface area contributed by atoms with E-state index in [1.165, 1.54) is 16.0 Å². The highest BCUT2D eigenvalue weighted by molar-refractivity contribution is 7.99. The third kappa shape index (κ3) is 3.01. The number of benzene rings is 2. The molecule has 0 fully saturated rings. The van der Waals surface area contributed by atoms with E-state index < -0.39 is 5.97 Å². The van der Waals surface area contributed by atoms with Crippen molar-refractivity contribution in [2.75, 3.05) is 10.6 Å². The first kappa shape index (κ1) is 19.0. The predicted octanol–water partition coefficient (Wildman–Crippen LogP) is 5.63. The first-order valence-electron chi connectivity index (χ1n) is 9.11. The number of anilines is 1. The summed E-state index contributed by atoms with van der Waals surface area (Å²) in [5.74, 6) is -0.805. The number of aromatic nitrogens is 1. The average Bonchev–Trinajstić information content (AvgIpc) is 3.13. The van der Waals surface area contributed by atoms with Gasteiger partial charge in [-0.25, -0.2) is 4.98 Å². The van der Waals surface area contributed by atoms with Crippen LogP contribution >= 0.6 is 23.3 Å². The van der Waals surface area contributed by atoms with Gasteiger partial charge in [0.2, 0.25) is 0 Å². The number of aryl methyl sites for hydroxylation is 1. The molecule has 0 spiro atoms. The lowest BCUT2D eigenvalue weighted by atomic mass is 9.83. The molecule has 0 atom stereocenters. The molecule has 2 heterocycles. The fourth-order valence-electron chi connectivity index (χ4n) is 4.08. The summed E-state index contributed by atoms with van der Waals surface area (Å²) < 4.78 is 2.24. The van der Waals surface area contributed by atoms with Gasteiger partial charge in [0.1, 0.15) is 0 Å². The van der Waals surface area contributed by atoms with Gasteiger partial charge in [-0.15, -0.1) is 11.3 Å². The van der Waals surface area contributed by atoms with E-state index >= 15 is 0 Å². The van der Waals surface area contributed by atoms with Crippen molar-refractivity contribution in [1.82, 2.24) is 4.98 Å². The number of carbonyl (C=O) groups is 1. The predicted molar refractivity (Wildman–Crippen MR) is 118 cm³/mol. The van der Waals surface area contributed by atoms with Crippen LogP contribution < -0.4 is 4.31 Å². The first-order valence-corrected chi connectivity index (χ1v) is 11.2. The van der Waals surface area contributed by atoms with E-state index in [0.29, 0.717) is 0 Å². The zero-order valence-corrected chi connectivity index (χ0v) is 18.0. The number of fused-ring (bicyclic) bond motifs is 3.